The molecular weight excluding hydrogens is 206 g/mol. The van der Waals surface area contributed by atoms with Crippen LogP contribution in [0.3, 0.4) is 0 Å². The van der Waals surface area contributed by atoms with Crippen LogP contribution in [0.25, 0.3) is 0 Å². The highest BCUT2D eigenvalue weighted by atomic mass is 35.5. The van der Waals surface area contributed by atoms with Crippen molar-refractivity contribution in [2.45, 2.75) is 31.2 Å². The summed E-state index contributed by atoms with van der Waals surface area (Å²) in [6.07, 6.45) is 3.73. The average Bonchev–Trinajstić information content (AvgIpc) is 2.76. The zero-order valence-corrected chi connectivity index (χ0v) is 8.90. The number of thiazole rings is 1. The van der Waals surface area contributed by atoms with Crippen LogP contribution in [-0.4, -0.2) is 17.7 Å². The van der Waals surface area contributed by atoms with Crippen molar-refractivity contribution in [3.8, 4) is 0 Å². The number of alkyl halides is 1. The molecule has 72 valence electrons. The van der Waals surface area contributed by atoms with E-state index in [-0.39, 0.29) is 0 Å². The van der Waals surface area contributed by atoms with E-state index in [1.54, 1.807) is 11.3 Å². The molecule has 0 bridgehead atoms. The first-order valence-electron chi connectivity index (χ1n) is 4.49. The summed E-state index contributed by atoms with van der Waals surface area (Å²) in [5.41, 5.74) is 0.986. The third-order valence-corrected chi connectivity index (χ3v) is 3.36. The molecule has 2 nitrogen and oxygen atoms in total. The van der Waals surface area contributed by atoms with E-state index < -0.39 is 0 Å². The number of ether oxygens (including phenoxy) is 1. The van der Waals surface area contributed by atoms with Gasteiger partial charge in [-0.05, 0) is 12.8 Å². The van der Waals surface area contributed by atoms with Crippen molar-refractivity contribution in [3.63, 3.8) is 0 Å². The Morgan fingerprint density at radius 1 is 1.69 bits per heavy atom. The topological polar surface area (TPSA) is 22.1 Å². The predicted molar refractivity (Wildman–Crippen MR) is 54.3 cm³/mol. The summed E-state index contributed by atoms with van der Waals surface area (Å²) in [4.78, 5) is 4.40. The van der Waals surface area contributed by atoms with Gasteiger partial charge >= 0.3 is 0 Å². The fourth-order valence-corrected chi connectivity index (χ4v) is 2.59. The van der Waals surface area contributed by atoms with Crippen molar-refractivity contribution in [2.24, 2.45) is 0 Å². The molecule has 1 aromatic heterocycles. The average molecular weight is 218 g/mol. The van der Waals surface area contributed by atoms with Crippen LogP contribution < -0.4 is 0 Å². The Bertz CT molecular complexity index is 270. The van der Waals surface area contributed by atoms with Gasteiger partial charge in [0.05, 0.1) is 22.7 Å². The highest BCUT2D eigenvalue weighted by Gasteiger charge is 2.17. The minimum absolute atomic E-state index is 0.398. The quantitative estimate of drug-likeness (QED) is 0.727. The van der Waals surface area contributed by atoms with E-state index in [0.29, 0.717) is 12.0 Å². The summed E-state index contributed by atoms with van der Waals surface area (Å²) in [7, 11) is 0. The zero-order valence-electron chi connectivity index (χ0n) is 7.33. The standard InChI is InChI=1S/C9H12ClNOS/c10-5-7-6-13-9(11-7)4-8-2-1-3-12-8/h6,8H,1-5H2. The Hall–Kier alpha value is -0.120. The molecule has 0 aliphatic carbocycles. The summed E-state index contributed by atoms with van der Waals surface area (Å²) < 4.78 is 5.53. The maximum Gasteiger partial charge on any atom is 0.0954 e. The molecule has 1 atom stereocenters. The summed E-state index contributed by atoms with van der Waals surface area (Å²) in [5.74, 6) is 0.516. The van der Waals surface area contributed by atoms with Gasteiger partial charge in [0, 0.05) is 18.4 Å². The lowest BCUT2D eigenvalue weighted by molar-refractivity contribution is 0.111. The molecular formula is C9H12ClNOS. The van der Waals surface area contributed by atoms with E-state index in [1.165, 1.54) is 12.8 Å². The van der Waals surface area contributed by atoms with Crippen LogP contribution in [0.4, 0.5) is 0 Å². The molecule has 4 heteroatoms. The lowest BCUT2D eigenvalue weighted by atomic mass is 10.2. The molecule has 1 saturated heterocycles. The molecule has 1 unspecified atom stereocenters. The third-order valence-electron chi connectivity index (χ3n) is 2.16. The molecule has 2 rings (SSSR count). The van der Waals surface area contributed by atoms with Gasteiger partial charge in [-0.2, -0.15) is 0 Å². The second-order valence-electron chi connectivity index (χ2n) is 3.21. The molecule has 13 heavy (non-hydrogen) atoms. The normalized spacial score (nSPS) is 22.4. The molecule has 0 amide bonds. The van der Waals surface area contributed by atoms with Gasteiger partial charge < -0.3 is 4.74 Å². The van der Waals surface area contributed by atoms with E-state index in [1.807, 2.05) is 5.38 Å². The first-order chi connectivity index (χ1) is 6.38. The van der Waals surface area contributed by atoms with Gasteiger partial charge in [0.2, 0.25) is 0 Å². The van der Waals surface area contributed by atoms with Crippen molar-refractivity contribution in [2.75, 3.05) is 6.61 Å². The van der Waals surface area contributed by atoms with Crippen LogP contribution in [0.15, 0.2) is 5.38 Å². The van der Waals surface area contributed by atoms with Gasteiger partial charge in [-0.1, -0.05) is 0 Å². The van der Waals surface area contributed by atoms with Gasteiger partial charge in [-0.25, -0.2) is 4.98 Å². The maximum absolute atomic E-state index is 5.67. The molecule has 1 aromatic rings. The van der Waals surface area contributed by atoms with Crippen molar-refractivity contribution in [1.82, 2.24) is 4.98 Å². The first kappa shape index (κ1) is 9.44. The Balaban J connectivity index is 1.92. The summed E-state index contributed by atoms with van der Waals surface area (Å²) in [5, 5.41) is 3.18. The van der Waals surface area contributed by atoms with Crippen molar-refractivity contribution in [3.05, 3.63) is 16.1 Å². The number of hydrogen-bond donors (Lipinski definition) is 0. The lowest BCUT2D eigenvalue weighted by Crippen LogP contribution is -2.08. The summed E-state index contributed by atoms with van der Waals surface area (Å²) in [6, 6.07) is 0. The number of aromatic nitrogens is 1. The van der Waals surface area contributed by atoms with Gasteiger partial charge in [0.1, 0.15) is 0 Å². The third kappa shape index (κ3) is 2.42. The minimum Gasteiger partial charge on any atom is -0.378 e. The van der Waals surface area contributed by atoms with Gasteiger partial charge in [0.15, 0.2) is 0 Å². The van der Waals surface area contributed by atoms with Crippen LogP contribution in [0.5, 0.6) is 0 Å². The van der Waals surface area contributed by atoms with Crippen LogP contribution in [0.2, 0.25) is 0 Å². The number of hydrogen-bond acceptors (Lipinski definition) is 3. The monoisotopic (exact) mass is 217 g/mol. The van der Waals surface area contributed by atoms with Crippen molar-refractivity contribution >= 4 is 22.9 Å². The molecule has 1 aliphatic heterocycles. The summed E-state index contributed by atoms with van der Waals surface area (Å²) >= 11 is 7.36. The number of nitrogens with zero attached hydrogens (tertiary/aromatic N) is 1. The minimum atomic E-state index is 0.398. The van der Waals surface area contributed by atoms with Gasteiger partial charge in [0.25, 0.3) is 0 Å². The van der Waals surface area contributed by atoms with E-state index in [4.69, 9.17) is 16.3 Å². The molecule has 1 aliphatic rings. The Morgan fingerprint density at radius 2 is 2.62 bits per heavy atom. The Kier molecular flexibility index (Phi) is 3.19. The highest BCUT2D eigenvalue weighted by molar-refractivity contribution is 7.09. The smallest absolute Gasteiger partial charge is 0.0954 e. The SMILES string of the molecule is ClCc1csc(CC2CCCO2)n1. The molecule has 0 N–H and O–H groups in total. The second kappa shape index (κ2) is 4.40. The van der Waals surface area contributed by atoms with Crippen LogP contribution in [-0.2, 0) is 17.0 Å². The highest BCUT2D eigenvalue weighted by Crippen LogP contribution is 2.20. The molecule has 1 fully saturated rings. The summed E-state index contributed by atoms with van der Waals surface area (Å²) in [6.45, 7) is 0.915. The van der Waals surface area contributed by atoms with E-state index in [9.17, 15) is 0 Å². The second-order valence-corrected chi connectivity index (χ2v) is 4.42. The van der Waals surface area contributed by atoms with Crippen LogP contribution >= 0.6 is 22.9 Å². The number of rotatable bonds is 3. The molecule has 0 spiro atoms. The van der Waals surface area contributed by atoms with Gasteiger partial charge in [-0.15, -0.1) is 22.9 Å². The molecule has 0 saturated carbocycles. The predicted octanol–water partition coefficient (Wildman–Crippen LogP) is 2.60. The largest absolute Gasteiger partial charge is 0.378 e. The Morgan fingerprint density at radius 3 is 3.23 bits per heavy atom. The fourth-order valence-electron chi connectivity index (χ4n) is 1.50. The maximum atomic E-state index is 5.67. The molecule has 0 radical (unpaired) electrons. The van der Waals surface area contributed by atoms with E-state index in [0.717, 1.165) is 23.7 Å². The molecule has 2 heterocycles. The van der Waals surface area contributed by atoms with E-state index >= 15 is 0 Å². The number of halogens is 1. The van der Waals surface area contributed by atoms with Crippen molar-refractivity contribution in [1.29, 1.82) is 0 Å². The van der Waals surface area contributed by atoms with Crippen LogP contribution in [0.1, 0.15) is 23.5 Å². The van der Waals surface area contributed by atoms with E-state index in [2.05, 4.69) is 4.98 Å². The van der Waals surface area contributed by atoms with Crippen LogP contribution in [0, 0.1) is 0 Å². The first-order valence-corrected chi connectivity index (χ1v) is 5.91. The zero-order chi connectivity index (χ0) is 9.10. The Labute approximate surface area is 86.9 Å². The molecule has 0 aromatic carbocycles. The van der Waals surface area contributed by atoms with Gasteiger partial charge in [-0.3, -0.25) is 0 Å². The van der Waals surface area contributed by atoms with Crippen molar-refractivity contribution < 1.29 is 4.74 Å². The lowest BCUT2D eigenvalue weighted by Gasteiger charge is -2.05. The fraction of sp³-hybridized carbons (Fsp3) is 0.667.